The van der Waals surface area contributed by atoms with Crippen LogP contribution in [-0.4, -0.2) is 5.78 Å². The lowest BCUT2D eigenvalue weighted by atomic mass is 10.0. The number of rotatable bonds is 5. The quantitative estimate of drug-likeness (QED) is 0.839. The van der Waals surface area contributed by atoms with Crippen molar-refractivity contribution in [2.75, 3.05) is 0 Å². The Morgan fingerprint density at radius 1 is 1.28 bits per heavy atom. The lowest BCUT2D eigenvalue weighted by Gasteiger charge is -2.10. The summed E-state index contributed by atoms with van der Waals surface area (Å²) in [7, 11) is 0. The van der Waals surface area contributed by atoms with E-state index in [0.29, 0.717) is 12.8 Å². The van der Waals surface area contributed by atoms with Gasteiger partial charge in [0.1, 0.15) is 0 Å². The maximum Gasteiger partial charge on any atom is 0.174 e. The van der Waals surface area contributed by atoms with Crippen LogP contribution in [0.4, 0.5) is 0 Å². The Morgan fingerprint density at radius 3 is 2.61 bits per heavy atom. The van der Waals surface area contributed by atoms with E-state index in [2.05, 4.69) is 15.9 Å². The average molecular weight is 324 g/mol. The van der Waals surface area contributed by atoms with Crippen LogP contribution >= 0.6 is 27.3 Å². The van der Waals surface area contributed by atoms with Gasteiger partial charge in [-0.3, -0.25) is 4.79 Å². The number of hydrogen-bond donors (Lipinski definition) is 1. The fourth-order valence-electron chi connectivity index (χ4n) is 1.76. The van der Waals surface area contributed by atoms with Crippen LogP contribution < -0.4 is 5.73 Å². The molecule has 1 aromatic carbocycles. The Balaban J connectivity index is 1.93. The number of benzene rings is 1. The fourth-order valence-corrected chi connectivity index (χ4v) is 3.32. The van der Waals surface area contributed by atoms with E-state index in [1.807, 2.05) is 41.8 Å². The van der Waals surface area contributed by atoms with E-state index in [-0.39, 0.29) is 11.8 Å². The minimum Gasteiger partial charge on any atom is -0.324 e. The molecular weight excluding hydrogens is 310 g/mol. The largest absolute Gasteiger partial charge is 0.324 e. The molecule has 0 fully saturated rings. The smallest absolute Gasteiger partial charge is 0.174 e. The van der Waals surface area contributed by atoms with Gasteiger partial charge in [-0.1, -0.05) is 30.3 Å². The van der Waals surface area contributed by atoms with Crippen molar-refractivity contribution in [3.05, 3.63) is 56.7 Å². The van der Waals surface area contributed by atoms with Crippen LogP contribution in [0.15, 0.2) is 46.3 Å². The summed E-state index contributed by atoms with van der Waals surface area (Å²) in [6, 6.07) is 11.7. The van der Waals surface area contributed by atoms with Crippen molar-refractivity contribution < 1.29 is 4.79 Å². The van der Waals surface area contributed by atoms with Gasteiger partial charge in [-0.15, -0.1) is 11.3 Å². The van der Waals surface area contributed by atoms with Crippen molar-refractivity contribution in [1.82, 2.24) is 0 Å². The van der Waals surface area contributed by atoms with Crippen molar-refractivity contribution in [3.8, 4) is 0 Å². The van der Waals surface area contributed by atoms with Crippen LogP contribution in [-0.2, 0) is 0 Å². The summed E-state index contributed by atoms with van der Waals surface area (Å²) >= 11 is 4.85. The van der Waals surface area contributed by atoms with Crippen LogP contribution in [0.5, 0.6) is 0 Å². The minimum absolute atomic E-state index is 0.0751. The SMILES string of the molecule is NC(CCC(=O)c1sccc1Br)c1ccccc1. The van der Waals surface area contributed by atoms with Gasteiger partial charge >= 0.3 is 0 Å². The summed E-state index contributed by atoms with van der Waals surface area (Å²) in [6.45, 7) is 0. The molecule has 0 saturated carbocycles. The van der Waals surface area contributed by atoms with Gasteiger partial charge in [0, 0.05) is 16.9 Å². The Morgan fingerprint density at radius 2 is 2.00 bits per heavy atom. The number of carbonyl (C=O) groups excluding carboxylic acids is 1. The van der Waals surface area contributed by atoms with Gasteiger partial charge in [0.25, 0.3) is 0 Å². The van der Waals surface area contributed by atoms with Gasteiger partial charge in [0.15, 0.2) is 5.78 Å². The topological polar surface area (TPSA) is 43.1 Å². The lowest BCUT2D eigenvalue weighted by Crippen LogP contribution is -2.12. The normalized spacial score (nSPS) is 12.3. The average Bonchev–Trinajstić information content (AvgIpc) is 2.83. The van der Waals surface area contributed by atoms with Crippen molar-refractivity contribution in [2.45, 2.75) is 18.9 Å². The van der Waals surface area contributed by atoms with Gasteiger partial charge in [0.2, 0.25) is 0 Å². The summed E-state index contributed by atoms with van der Waals surface area (Å²) in [6.07, 6.45) is 1.16. The highest BCUT2D eigenvalue weighted by atomic mass is 79.9. The second-order valence-corrected chi connectivity index (χ2v) is 5.85. The molecule has 0 bridgehead atoms. The zero-order valence-corrected chi connectivity index (χ0v) is 12.2. The molecule has 1 unspecified atom stereocenters. The van der Waals surface area contributed by atoms with Crippen LogP contribution in [0.25, 0.3) is 0 Å². The summed E-state index contributed by atoms with van der Waals surface area (Å²) in [4.78, 5) is 12.8. The molecule has 1 atom stereocenters. The van der Waals surface area contributed by atoms with Crippen molar-refractivity contribution >= 4 is 33.0 Å². The fraction of sp³-hybridized carbons (Fsp3) is 0.214. The predicted molar refractivity (Wildman–Crippen MR) is 79.0 cm³/mol. The molecule has 1 heterocycles. The Kier molecular flexibility index (Phi) is 4.69. The molecule has 2 N–H and O–H groups in total. The molecule has 1 aromatic heterocycles. The molecule has 2 rings (SSSR count). The van der Waals surface area contributed by atoms with Crippen LogP contribution in [0.1, 0.15) is 34.1 Å². The number of hydrogen-bond acceptors (Lipinski definition) is 3. The van der Waals surface area contributed by atoms with E-state index in [4.69, 9.17) is 5.73 Å². The molecule has 0 radical (unpaired) electrons. The van der Waals surface area contributed by atoms with E-state index in [1.54, 1.807) is 0 Å². The highest BCUT2D eigenvalue weighted by molar-refractivity contribution is 9.10. The number of ketones is 1. The van der Waals surface area contributed by atoms with E-state index in [0.717, 1.165) is 14.9 Å². The molecule has 0 aliphatic carbocycles. The molecule has 2 nitrogen and oxygen atoms in total. The third-order valence-electron chi connectivity index (χ3n) is 2.78. The van der Waals surface area contributed by atoms with Crippen molar-refractivity contribution in [2.24, 2.45) is 5.73 Å². The Bertz CT molecular complexity index is 524. The molecule has 94 valence electrons. The van der Waals surface area contributed by atoms with Gasteiger partial charge in [-0.25, -0.2) is 0 Å². The molecule has 4 heteroatoms. The molecule has 0 spiro atoms. The zero-order chi connectivity index (χ0) is 13.0. The molecule has 0 aliphatic heterocycles. The molecule has 0 aliphatic rings. The number of carbonyl (C=O) groups is 1. The van der Waals surface area contributed by atoms with E-state index in [1.165, 1.54) is 11.3 Å². The highest BCUT2D eigenvalue weighted by Crippen LogP contribution is 2.25. The van der Waals surface area contributed by atoms with E-state index in [9.17, 15) is 4.79 Å². The first-order valence-electron chi connectivity index (χ1n) is 5.75. The molecular formula is C14H14BrNOS. The Hall–Kier alpha value is -0.970. The van der Waals surface area contributed by atoms with Gasteiger partial charge < -0.3 is 5.73 Å². The van der Waals surface area contributed by atoms with Crippen molar-refractivity contribution in [3.63, 3.8) is 0 Å². The lowest BCUT2D eigenvalue weighted by molar-refractivity contribution is 0.0981. The first-order valence-corrected chi connectivity index (χ1v) is 7.42. The first-order chi connectivity index (χ1) is 8.68. The molecule has 2 aromatic rings. The predicted octanol–water partition coefficient (Wildman–Crippen LogP) is 4.17. The second-order valence-electron chi connectivity index (χ2n) is 4.08. The summed E-state index contributed by atoms with van der Waals surface area (Å²) in [5.41, 5.74) is 7.15. The van der Waals surface area contributed by atoms with Crippen LogP contribution in [0.2, 0.25) is 0 Å². The van der Waals surface area contributed by atoms with E-state index < -0.39 is 0 Å². The number of nitrogens with two attached hydrogens (primary N) is 1. The number of halogens is 1. The summed E-state index contributed by atoms with van der Waals surface area (Å²) in [5.74, 6) is 0.156. The minimum atomic E-state index is -0.0751. The third-order valence-corrected chi connectivity index (χ3v) is 4.66. The van der Waals surface area contributed by atoms with Gasteiger partial charge in [-0.05, 0) is 39.4 Å². The molecule has 0 amide bonds. The number of thiophene rings is 1. The van der Waals surface area contributed by atoms with Gasteiger partial charge in [-0.2, -0.15) is 0 Å². The second kappa shape index (κ2) is 6.27. The van der Waals surface area contributed by atoms with E-state index >= 15 is 0 Å². The number of Topliss-reactive ketones (excluding diaryl/α,β-unsaturated/α-hetero) is 1. The zero-order valence-electron chi connectivity index (χ0n) is 9.80. The van der Waals surface area contributed by atoms with Crippen LogP contribution in [0.3, 0.4) is 0 Å². The highest BCUT2D eigenvalue weighted by Gasteiger charge is 2.14. The maximum absolute atomic E-state index is 12.0. The first kappa shape index (κ1) is 13.5. The standard InChI is InChI=1S/C14H14BrNOS/c15-11-8-9-18-14(11)13(17)7-6-12(16)10-4-2-1-3-5-10/h1-5,8-9,12H,6-7,16H2. The van der Waals surface area contributed by atoms with Crippen molar-refractivity contribution in [1.29, 1.82) is 0 Å². The monoisotopic (exact) mass is 323 g/mol. The molecule has 0 saturated heterocycles. The summed E-state index contributed by atoms with van der Waals surface area (Å²) in [5, 5.41) is 1.91. The van der Waals surface area contributed by atoms with Gasteiger partial charge in [0.05, 0.1) is 4.88 Å². The summed E-state index contributed by atoms with van der Waals surface area (Å²) < 4.78 is 0.880. The van der Waals surface area contributed by atoms with Crippen LogP contribution in [0, 0.1) is 0 Å². The molecule has 18 heavy (non-hydrogen) atoms. The Labute approximate surface area is 119 Å². The third kappa shape index (κ3) is 3.28. The maximum atomic E-state index is 12.0.